The molecule has 132 valence electrons. The molecule has 0 saturated heterocycles. The van der Waals surface area contributed by atoms with Gasteiger partial charge in [0.15, 0.2) is 6.10 Å². The molecular weight excluding hydrogens is 340 g/mol. The first-order valence-electron chi connectivity index (χ1n) is 7.86. The maximum Gasteiger partial charge on any atom is 0.267 e. The van der Waals surface area contributed by atoms with Gasteiger partial charge < -0.3 is 10.1 Å². The van der Waals surface area contributed by atoms with Gasteiger partial charge in [0, 0.05) is 5.69 Å². The van der Waals surface area contributed by atoms with E-state index >= 15 is 0 Å². The number of carbonyl (C=O) groups is 1. The average Bonchev–Trinajstić information content (AvgIpc) is 2.55. The third-order valence-corrected chi connectivity index (χ3v) is 5.14. The number of carbonyl (C=O) groups excluding carboxylic acids is 1. The molecule has 0 spiro atoms. The second kappa shape index (κ2) is 6.40. The van der Waals surface area contributed by atoms with Gasteiger partial charge in [-0.1, -0.05) is 23.8 Å². The van der Waals surface area contributed by atoms with Gasteiger partial charge in [0.2, 0.25) is 10.0 Å². The summed E-state index contributed by atoms with van der Waals surface area (Å²) in [5, 5.41) is 2.77. The Balaban J connectivity index is 1.87. The lowest BCUT2D eigenvalue weighted by atomic mass is 10.1. The third-order valence-electron chi connectivity index (χ3n) is 4.00. The monoisotopic (exact) mass is 360 g/mol. The molecule has 1 N–H and O–H groups in total. The highest BCUT2D eigenvalue weighted by Gasteiger charge is 2.35. The molecule has 1 heterocycles. The smallest absolute Gasteiger partial charge is 0.267 e. The number of ether oxygens (including phenoxy) is 1. The molecule has 0 unspecified atom stereocenters. The minimum absolute atomic E-state index is 0.0625. The zero-order chi connectivity index (χ0) is 18.2. The Hall–Kier alpha value is -2.54. The van der Waals surface area contributed by atoms with Crippen LogP contribution in [0.2, 0.25) is 0 Å². The molecule has 0 aliphatic carbocycles. The Morgan fingerprint density at radius 3 is 2.40 bits per heavy atom. The first-order valence-corrected chi connectivity index (χ1v) is 9.71. The SMILES string of the molecule is Cc1ccc(NC(=O)[C@@H]2CN(S(C)(=O)=O)c3cc(C)ccc3O2)cc1. The van der Waals surface area contributed by atoms with E-state index in [0.29, 0.717) is 17.1 Å². The van der Waals surface area contributed by atoms with Crippen molar-refractivity contribution in [1.29, 1.82) is 0 Å². The molecule has 2 aromatic carbocycles. The van der Waals surface area contributed by atoms with Crippen LogP contribution in [0, 0.1) is 13.8 Å². The fourth-order valence-electron chi connectivity index (χ4n) is 2.67. The predicted octanol–water partition coefficient (Wildman–Crippen LogP) is 2.47. The highest BCUT2D eigenvalue weighted by Crippen LogP contribution is 2.35. The van der Waals surface area contributed by atoms with Crippen LogP contribution in [0.25, 0.3) is 0 Å². The molecule has 3 rings (SSSR count). The van der Waals surface area contributed by atoms with Crippen molar-refractivity contribution in [2.24, 2.45) is 0 Å². The van der Waals surface area contributed by atoms with Crippen LogP contribution in [0.15, 0.2) is 42.5 Å². The van der Waals surface area contributed by atoms with Crippen molar-refractivity contribution in [1.82, 2.24) is 0 Å². The summed E-state index contributed by atoms with van der Waals surface area (Å²) in [4.78, 5) is 12.5. The van der Waals surface area contributed by atoms with E-state index in [1.54, 1.807) is 24.3 Å². The van der Waals surface area contributed by atoms with Crippen LogP contribution in [0.4, 0.5) is 11.4 Å². The van der Waals surface area contributed by atoms with Crippen molar-refractivity contribution in [2.45, 2.75) is 20.0 Å². The molecule has 0 bridgehead atoms. The van der Waals surface area contributed by atoms with E-state index in [1.165, 1.54) is 4.31 Å². The van der Waals surface area contributed by atoms with Crippen molar-refractivity contribution in [2.75, 3.05) is 22.4 Å². The lowest BCUT2D eigenvalue weighted by Gasteiger charge is -2.34. The van der Waals surface area contributed by atoms with Crippen molar-refractivity contribution < 1.29 is 17.9 Å². The lowest BCUT2D eigenvalue weighted by Crippen LogP contribution is -2.48. The van der Waals surface area contributed by atoms with Crippen molar-refractivity contribution >= 4 is 27.3 Å². The second-order valence-electron chi connectivity index (χ2n) is 6.23. The first kappa shape index (κ1) is 17.3. The van der Waals surface area contributed by atoms with E-state index in [9.17, 15) is 13.2 Å². The molecule has 1 amide bonds. The Morgan fingerprint density at radius 2 is 1.76 bits per heavy atom. The summed E-state index contributed by atoms with van der Waals surface area (Å²) in [5.41, 5.74) is 3.10. The van der Waals surface area contributed by atoms with Gasteiger partial charge in [0.25, 0.3) is 5.91 Å². The van der Waals surface area contributed by atoms with Crippen LogP contribution in [0.1, 0.15) is 11.1 Å². The number of rotatable bonds is 3. The molecule has 1 atom stereocenters. The molecule has 25 heavy (non-hydrogen) atoms. The zero-order valence-corrected chi connectivity index (χ0v) is 15.1. The van der Waals surface area contributed by atoms with E-state index < -0.39 is 16.1 Å². The molecule has 1 aliphatic heterocycles. The number of aryl methyl sites for hydroxylation is 2. The van der Waals surface area contributed by atoms with Crippen LogP contribution >= 0.6 is 0 Å². The normalized spacial score (nSPS) is 16.8. The number of benzene rings is 2. The van der Waals surface area contributed by atoms with E-state index in [-0.39, 0.29) is 12.5 Å². The van der Waals surface area contributed by atoms with E-state index in [2.05, 4.69) is 5.32 Å². The molecule has 1 aliphatic rings. The van der Waals surface area contributed by atoms with E-state index in [1.807, 2.05) is 32.0 Å². The van der Waals surface area contributed by atoms with E-state index in [0.717, 1.165) is 17.4 Å². The number of nitrogens with one attached hydrogen (secondary N) is 1. The maximum atomic E-state index is 12.5. The predicted molar refractivity (Wildman–Crippen MR) is 97.6 cm³/mol. The number of anilines is 2. The highest BCUT2D eigenvalue weighted by molar-refractivity contribution is 7.92. The molecular formula is C18H20N2O4S. The number of hydrogen-bond donors (Lipinski definition) is 1. The minimum atomic E-state index is -3.53. The highest BCUT2D eigenvalue weighted by atomic mass is 32.2. The van der Waals surface area contributed by atoms with Gasteiger partial charge in [-0.2, -0.15) is 0 Å². The fraction of sp³-hybridized carbons (Fsp3) is 0.278. The summed E-state index contributed by atoms with van der Waals surface area (Å²) in [6.07, 6.45) is 0.200. The zero-order valence-electron chi connectivity index (χ0n) is 14.3. The maximum absolute atomic E-state index is 12.5. The van der Waals surface area contributed by atoms with Crippen molar-refractivity contribution in [3.05, 3.63) is 53.6 Å². The minimum Gasteiger partial charge on any atom is -0.476 e. The summed E-state index contributed by atoms with van der Waals surface area (Å²) in [6.45, 7) is 3.77. The third kappa shape index (κ3) is 3.76. The summed E-state index contributed by atoms with van der Waals surface area (Å²) >= 11 is 0. The summed E-state index contributed by atoms with van der Waals surface area (Å²) in [7, 11) is -3.53. The van der Waals surface area contributed by atoms with Gasteiger partial charge in [-0.05, 0) is 43.7 Å². The second-order valence-corrected chi connectivity index (χ2v) is 8.13. The summed E-state index contributed by atoms with van der Waals surface area (Å²) < 4.78 is 31.3. The van der Waals surface area contributed by atoms with Crippen molar-refractivity contribution in [3.63, 3.8) is 0 Å². The number of hydrogen-bond acceptors (Lipinski definition) is 4. The summed E-state index contributed by atoms with van der Waals surface area (Å²) in [6, 6.07) is 12.6. The standard InChI is InChI=1S/C18H20N2O4S/c1-12-4-7-14(8-5-12)19-18(21)17-11-20(25(3,22)23)15-10-13(2)6-9-16(15)24-17/h4-10,17H,11H2,1-3H3,(H,19,21)/t17-/m0/s1. The van der Waals surface area contributed by atoms with Crippen LogP contribution < -0.4 is 14.4 Å². The number of amides is 1. The molecule has 6 nitrogen and oxygen atoms in total. The quantitative estimate of drug-likeness (QED) is 0.912. The molecule has 0 radical (unpaired) electrons. The average molecular weight is 360 g/mol. The fourth-order valence-corrected chi connectivity index (χ4v) is 3.58. The van der Waals surface area contributed by atoms with Crippen LogP contribution in [-0.2, 0) is 14.8 Å². The van der Waals surface area contributed by atoms with Gasteiger partial charge in [-0.3, -0.25) is 9.10 Å². The molecule has 0 saturated carbocycles. The Morgan fingerprint density at radius 1 is 1.12 bits per heavy atom. The lowest BCUT2D eigenvalue weighted by molar-refractivity contribution is -0.122. The Bertz CT molecular complexity index is 907. The van der Waals surface area contributed by atoms with Crippen LogP contribution in [0.3, 0.4) is 0 Å². The van der Waals surface area contributed by atoms with Gasteiger partial charge in [-0.25, -0.2) is 8.42 Å². The van der Waals surface area contributed by atoms with Crippen LogP contribution in [0.5, 0.6) is 5.75 Å². The van der Waals surface area contributed by atoms with Gasteiger partial charge >= 0.3 is 0 Å². The number of nitrogens with zero attached hydrogens (tertiary/aromatic N) is 1. The Labute approximate surface area is 147 Å². The van der Waals surface area contributed by atoms with Crippen LogP contribution in [-0.4, -0.2) is 33.2 Å². The van der Waals surface area contributed by atoms with Crippen molar-refractivity contribution in [3.8, 4) is 5.75 Å². The molecule has 0 fully saturated rings. The number of sulfonamides is 1. The molecule has 7 heteroatoms. The largest absolute Gasteiger partial charge is 0.476 e. The van der Waals surface area contributed by atoms with E-state index in [4.69, 9.17) is 4.74 Å². The molecule has 0 aromatic heterocycles. The van der Waals surface area contributed by atoms with Gasteiger partial charge in [-0.15, -0.1) is 0 Å². The Kier molecular flexibility index (Phi) is 4.43. The van der Waals surface area contributed by atoms with Gasteiger partial charge in [0.05, 0.1) is 18.5 Å². The molecule has 2 aromatic rings. The summed E-state index contributed by atoms with van der Waals surface area (Å²) in [5.74, 6) is -0.00457. The number of fused-ring (bicyclic) bond motifs is 1. The van der Waals surface area contributed by atoms with Gasteiger partial charge in [0.1, 0.15) is 5.75 Å². The topological polar surface area (TPSA) is 75.7 Å². The first-order chi connectivity index (χ1) is 11.7.